The van der Waals surface area contributed by atoms with Crippen LogP contribution in [-0.4, -0.2) is 31.0 Å². The maximum atomic E-state index is 11.5. The fourth-order valence-corrected chi connectivity index (χ4v) is 3.40. The standard InChI is InChI=1S/C12H23NOSSi/c1-7-9-11(10(8-2)12(14)15)13(3)16(4,5)6/h1,10-11H,8-9H2,2-6H3,(H,14,15). The minimum absolute atomic E-state index is 0.0483. The lowest BCUT2D eigenvalue weighted by atomic mass is 9.96. The van der Waals surface area contributed by atoms with Crippen molar-refractivity contribution in [2.24, 2.45) is 5.92 Å². The Morgan fingerprint density at radius 2 is 2.00 bits per heavy atom. The van der Waals surface area contributed by atoms with Crippen molar-refractivity contribution in [3.8, 4) is 12.3 Å². The Bertz CT molecular complexity index is 280. The zero-order valence-corrected chi connectivity index (χ0v) is 12.8. The molecule has 0 aromatic rings. The van der Waals surface area contributed by atoms with Crippen molar-refractivity contribution >= 4 is 26.0 Å². The second kappa shape index (κ2) is 6.48. The molecule has 92 valence electrons. The largest absolute Gasteiger partial charge is 0.322 e. The van der Waals surface area contributed by atoms with Gasteiger partial charge in [-0.3, -0.25) is 4.79 Å². The Morgan fingerprint density at radius 3 is 2.25 bits per heavy atom. The first-order valence-electron chi connectivity index (χ1n) is 5.64. The molecular formula is C12H23NOSSi. The predicted molar refractivity (Wildman–Crippen MR) is 76.1 cm³/mol. The number of rotatable bonds is 6. The highest BCUT2D eigenvalue weighted by atomic mass is 32.1. The number of carbonyl (C=O) groups excluding carboxylic acids is 1. The van der Waals surface area contributed by atoms with Crippen molar-refractivity contribution in [3.05, 3.63) is 0 Å². The number of terminal acetylenes is 1. The third-order valence-electron chi connectivity index (χ3n) is 3.10. The molecule has 0 N–H and O–H groups in total. The first kappa shape index (κ1) is 15.8. The average Bonchev–Trinajstić information content (AvgIpc) is 2.14. The van der Waals surface area contributed by atoms with Gasteiger partial charge < -0.3 is 4.57 Å². The van der Waals surface area contributed by atoms with Crippen molar-refractivity contribution < 1.29 is 4.79 Å². The summed E-state index contributed by atoms with van der Waals surface area (Å²) in [4.78, 5) is 11.5. The van der Waals surface area contributed by atoms with E-state index in [4.69, 9.17) is 6.42 Å². The molecule has 2 atom stereocenters. The van der Waals surface area contributed by atoms with E-state index in [1.54, 1.807) is 0 Å². The number of hydrogen-bond acceptors (Lipinski definition) is 2. The molecule has 2 nitrogen and oxygen atoms in total. The van der Waals surface area contributed by atoms with E-state index >= 15 is 0 Å². The molecule has 0 saturated carbocycles. The molecule has 0 spiro atoms. The van der Waals surface area contributed by atoms with Gasteiger partial charge in [0.1, 0.15) is 8.24 Å². The topological polar surface area (TPSA) is 20.3 Å². The highest BCUT2D eigenvalue weighted by molar-refractivity contribution is 7.96. The molecule has 0 aliphatic heterocycles. The van der Waals surface area contributed by atoms with Crippen LogP contribution < -0.4 is 0 Å². The van der Waals surface area contributed by atoms with E-state index in [1.807, 2.05) is 6.92 Å². The zero-order valence-electron chi connectivity index (χ0n) is 10.9. The van der Waals surface area contributed by atoms with Crippen LogP contribution in [0.1, 0.15) is 19.8 Å². The van der Waals surface area contributed by atoms with Gasteiger partial charge >= 0.3 is 0 Å². The van der Waals surface area contributed by atoms with Crippen molar-refractivity contribution in [1.82, 2.24) is 4.57 Å². The summed E-state index contributed by atoms with van der Waals surface area (Å²) in [7, 11) is 0.643. The number of nitrogens with zero attached hydrogens (tertiary/aromatic N) is 1. The molecule has 0 amide bonds. The lowest BCUT2D eigenvalue weighted by molar-refractivity contribution is -0.115. The van der Waals surface area contributed by atoms with E-state index in [0.29, 0.717) is 6.42 Å². The van der Waals surface area contributed by atoms with Crippen LogP contribution in [-0.2, 0) is 4.79 Å². The summed E-state index contributed by atoms with van der Waals surface area (Å²) in [6, 6.07) is 0.131. The van der Waals surface area contributed by atoms with E-state index < -0.39 is 8.24 Å². The van der Waals surface area contributed by atoms with Gasteiger partial charge in [0.25, 0.3) is 0 Å². The van der Waals surface area contributed by atoms with Crippen molar-refractivity contribution in [3.63, 3.8) is 0 Å². The summed E-state index contributed by atoms with van der Waals surface area (Å²) in [6.45, 7) is 8.78. The normalized spacial score (nSPS) is 15.6. The molecule has 0 aromatic heterocycles. The molecule has 0 aliphatic carbocycles. The van der Waals surface area contributed by atoms with Crippen molar-refractivity contribution in [2.75, 3.05) is 7.05 Å². The molecule has 0 rings (SSSR count). The van der Waals surface area contributed by atoms with Gasteiger partial charge in [-0.15, -0.1) is 25.0 Å². The summed E-state index contributed by atoms with van der Waals surface area (Å²) in [5, 5.41) is -0.0483. The van der Waals surface area contributed by atoms with Gasteiger partial charge in [0.15, 0.2) is 5.12 Å². The van der Waals surface area contributed by atoms with Crippen LogP contribution >= 0.6 is 12.6 Å². The third-order valence-corrected chi connectivity index (χ3v) is 5.88. The van der Waals surface area contributed by atoms with Crippen LogP contribution in [0.5, 0.6) is 0 Å². The van der Waals surface area contributed by atoms with E-state index in [-0.39, 0.29) is 17.1 Å². The minimum atomic E-state index is -1.43. The molecule has 2 unspecified atom stereocenters. The molecule has 0 heterocycles. The van der Waals surface area contributed by atoms with Crippen molar-refractivity contribution in [1.29, 1.82) is 0 Å². The van der Waals surface area contributed by atoms with Crippen LogP contribution in [0.4, 0.5) is 0 Å². The van der Waals surface area contributed by atoms with Gasteiger partial charge in [0, 0.05) is 18.4 Å². The smallest absolute Gasteiger partial charge is 0.190 e. The highest BCUT2D eigenvalue weighted by Gasteiger charge is 2.33. The second-order valence-electron chi connectivity index (χ2n) is 5.11. The summed E-state index contributed by atoms with van der Waals surface area (Å²) in [5.74, 6) is 2.63. The summed E-state index contributed by atoms with van der Waals surface area (Å²) in [5.41, 5.74) is 0. The first-order valence-corrected chi connectivity index (χ1v) is 9.54. The van der Waals surface area contributed by atoms with Crippen LogP contribution in [0, 0.1) is 18.3 Å². The summed E-state index contributed by atoms with van der Waals surface area (Å²) in [6.07, 6.45) is 6.82. The summed E-state index contributed by atoms with van der Waals surface area (Å²) < 4.78 is 2.31. The molecule has 0 bridgehead atoms. The number of carbonyl (C=O) groups is 1. The Hall–Kier alpha value is -0.243. The van der Waals surface area contributed by atoms with Crippen LogP contribution in [0.2, 0.25) is 19.6 Å². The van der Waals surface area contributed by atoms with E-state index in [9.17, 15) is 4.79 Å². The molecule has 0 aromatic carbocycles. The Labute approximate surface area is 106 Å². The van der Waals surface area contributed by atoms with Gasteiger partial charge in [-0.1, -0.05) is 26.6 Å². The Kier molecular flexibility index (Phi) is 6.38. The quantitative estimate of drug-likeness (QED) is 0.448. The number of thiol groups is 1. The second-order valence-corrected chi connectivity index (χ2v) is 10.6. The predicted octanol–water partition coefficient (Wildman–Crippen LogP) is 2.63. The van der Waals surface area contributed by atoms with Gasteiger partial charge in [0.2, 0.25) is 0 Å². The molecule has 0 saturated heterocycles. The average molecular weight is 257 g/mol. The van der Waals surface area contributed by atoms with Crippen LogP contribution in [0.3, 0.4) is 0 Å². The maximum absolute atomic E-state index is 11.5. The zero-order chi connectivity index (χ0) is 12.9. The lowest BCUT2D eigenvalue weighted by Crippen LogP contribution is -2.52. The SMILES string of the molecule is C#CCC(C(CC)C(=O)S)N(C)[Si](C)(C)C. The molecule has 16 heavy (non-hydrogen) atoms. The molecule has 0 fully saturated rings. The minimum Gasteiger partial charge on any atom is -0.322 e. The monoisotopic (exact) mass is 257 g/mol. The molecule has 0 aliphatic rings. The van der Waals surface area contributed by atoms with Gasteiger partial charge in [-0.05, 0) is 13.5 Å². The van der Waals surface area contributed by atoms with Crippen LogP contribution in [0.15, 0.2) is 0 Å². The fraction of sp³-hybridized carbons (Fsp3) is 0.750. The Balaban J connectivity index is 4.99. The first-order chi connectivity index (χ1) is 7.25. The van der Waals surface area contributed by atoms with Gasteiger partial charge in [0.05, 0.1) is 0 Å². The molecule has 4 heteroatoms. The summed E-state index contributed by atoms with van der Waals surface area (Å²) >= 11 is 3.98. The third kappa shape index (κ3) is 4.32. The fourth-order valence-electron chi connectivity index (χ4n) is 1.78. The van der Waals surface area contributed by atoms with Gasteiger partial charge in [-0.2, -0.15) is 0 Å². The molecule has 0 radical (unpaired) electrons. The Morgan fingerprint density at radius 1 is 1.50 bits per heavy atom. The van der Waals surface area contributed by atoms with E-state index in [0.717, 1.165) is 6.42 Å². The number of hydrogen-bond donors (Lipinski definition) is 1. The highest BCUT2D eigenvalue weighted by Crippen LogP contribution is 2.24. The van der Waals surface area contributed by atoms with E-state index in [2.05, 4.69) is 49.8 Å². The van der Waals surface area contributed by atoms with E-state index in [1.165, 1.54) is 0 Å². The van der Waals surface area contributed by atoms with Crippen LogP contribution in [0.25, 0.3) is 0 Å². The molecular weight excluding hydrogens is 234 g/mol. The maximum Gasteiger partial charge on any atom is 0.190 e. The lowest BCUT2D eigenvalue weighted by Gasteiger charge is -2.39. The van der Waals surface area contributed by atoms with Crippen molar-refractivity contribution in [2.45, 2.75) is 45.4 Å². The van der Waals surface area contributed by atoms with Gasteiger partial charge in [-0.25, -0.2) is 0 Å².